The lowest BCUT2D eigenvalue weighted by molar-refractivity contribution is -0.387. The van der Waals surface area contributed by atoms with E-state index in [1.54, 1.807) is 6.20 Å². The largest absolute Gasteiger partial charge is 0.380 e. The van der Waals surface area contributed by atoms with Crippen LogP contribution in [0.25, 0.3) is 0 Å². The molecule has 0 unspecified atom stereocenters. The van der Waals surface area contributed by atoms with E-state index in [1.807, 2.05) is 0 Å². The molecule has 1 heterocycles. The minimum atomic E-state index is 0.209. The van der Waals surface area contributed by atoms with Crippen LogP contribution < -0.4 is 5.73 Å². The van der Waals surface area contributed by atoms with E-state index in [0.717, 1.165) is 19.4 Å². The summed E-state index contributed by atoms with van der Waals surface area (Å²) in [5.74, 6) is 0.209. The highest BCUT2D eigenvalue weighted by molar-refractivity contribution is 4.91. The molecule has 0 atom stereocenters. The molecule has 0 saturated heterocycles. The maximum atomic E-state index is 8.84. The molecule has 0 aromatic rings. The summed E-state index contributed by atoms with van der Waals surface area (Å²) in [7, 11) is 0. The van der Waals surface area contributed by atoms with Crippen LogP contribution in [0.3, 0.4) is 0 Å². The molecular formula is C6H13N3O2. The molecule has 3 N–H and O–H groups in total. The molecule has 0 bridgehead atoms. The summed E-state index contributed by atoms with van der Waals surface area (Å²) in [4.78, 5) is 4.78. The Morgan fingerprint density at radius 2 is 2.45 bits per heavy atom. The third-order valence-electron chi connectivity index (χ3n) is 1.41. The molecule has 0 aromatic carbocycles. The first-order chi connectivity index (χ1) is 5.24. The highest BCUT2D eigenvalue weighted by atomic mass is 17.0. The Hall–Kier alpha value is -0.940. The Morgan fingerprint density at radius 3 is 2.91 bits per heavy atom. The van der Waals surface area contributed by atoms with E-state index in [1.165, 1.54) is 5.06 Å². The molecule has 11 heavy (non-hydrogen) atoms. The van der Waals surface area contributed by atoms with Gasteiger partial charge in [0.15, 0.2) is 5.82 Å². The highest BCUT2D eigenvalue weighted by Crippen LogP contribution is 2.10. The lowest BCUT2D eigenvalue weighted by Crippen LogP contribution is -2.23. The maximum Gasteiger partial charge on any atom is 0.175 e. The van der Waals surface area contributed by atoms with Gasteiger partial charge in [-0.25, -0.2) is 5.06 Å². The molecule has 0 spiro atoms. The van der Waals surface area contributed by atoms with Crippen molar-refractivity contribution < 1.29 is 10.1 Å². The predicted octanol–water partition coefficient (Wildman–Crippen LogP) is 0.398. The summed E-state index contributed by atoms with van der Waals surface area (Å²) in [6.07, 6.45) is 3.65. The van der Waals surface area contributed by atoms with Crippen molar-refractivity contribution in [2.45, 2.75) is 19.8 Å². The average molecular weight is 159 g/mol. The van der Waals surface area contributed by atoms with E-state index in [-0.39, 0.29) is 5.82 Å². The van der Waals surface area contributed by atoms with Gasteiger partial charge in [-0.2, -0.15) is 0 Å². The summed E-state index contributed by atoms with van der Waals surface area (Å²) in [6, 6.07) is 0. The smallest absolute Gasteiger partial charge is 0.175 e. The van der Waals surface area contributed by atoms with Crippen LogP contribution in [0.2, 0.25) is 0 Å². The van der Waals surface area contributed by atoms with Crippen LogP contribution in [0.1, 0.15) is 19.8 Å². The fourth-order valence-electron chi connectivity index (χ4n) is 0.786. The van der Waals surface area contributed by atoms with Gasteiger partial charge in [0.05, 0.1) is 6.20 Å². The number of rotatable bonds is 3. The lowest BCUT2D eigenvalue weighted by atomic mass is 10.3. The van der Waals surface area contributed by atoms with Crippen LogP contribution in [0, 0.1) is 0 Å². The zero-order valence-electron chi connectivity index (χ0n) is 6.53. The molecular weight excluding hydrogens is 146 g/mol. The van der Waals surface area contributed by atoms with E-state index >= 15 is 0 Å². The Bertz CT molecular complexity index is 160. The van der Waals surface area contributed by atoms with Gasteiger partial charge in [0.1, 0.15) is 0 Å². The molecule has 0 aliphatic carbocycles. The average Bonchev–Trinajstić information content (AvgIpc) is 2.28. The fraction of sp³-hybridized carbons (Fsp3) is 0.667. The summed E-state index contributed by atoms with van der Waals surface area (Å²) in [5.41, 5.74) is 5.31. The van der Waals surface area contributed by atoms with Gasteiger partial charge >= 0.3 is 0 Å². The Balaban J connectivity index is 2.29. The predicted molar refractivity (Wildman–Crippen MR) is 38.6 cm³/mol. The van der Waals surface area contributed by atoms with Gasteiger partial charge in [-0.1, -0.05) is 18.6 Å². The molecule has 5 heteroatoms. The van der Waals surface area contributed by atoms with Gasteiger partial charge in [0, 0.05) is 6.54 Å². The quantitative estimate of drug-likeness (QED) is 0.624. The maximum absolute atomic E-state index is 8.84. The molecule has 0 aromatic heterocycles. The number of unbranched alkanes of at least 4 members (excludes halogenated alkanes) is 1. The topological polar surface area (TPSA) is 62.0 Å². The van der Waals surface area contributed by atoms with Crippen molar-refractivity contribution in [3.63, 3.8) is 0 Å². The summed E-state index contributed by atoms with van der Waals surface area (Å²) >= 11 is 0. The van der Waals surface area contributed by atoms with Crippen molar-refractivity contribution in [2.75, 3.05) is 6.54 Å². The molecule has 0 fully saturated rings. The van der Waals surface area contributed by atoms with Crippen molar-refractivity contribution in [2.24, 2.45) is 5.73 Å². The number of hydrogen-bond acceptors (Lipinski definition) is 5. The van der Waals surface area contributed by atoms with Crippen molar-refractivity contribution in [3.8, 4) is 0 Å². The number of hydrogen-bond donors (Lipinski definition) is 2. The summed E-state index contributed by atoms with van der Waals surface area (Å²) < 4.78 is 0. The zero-order chi connectivity index (χ0) is 8.27. The van der Waals surface area contributed by atoms with E-state index in [4.69, 9.17) is 15.9 Å². The van der Waals surface area contributed by atoms with Crippen LogP contribution >= 0.6 is 0 Å². The molecule has 5 nitrogen and oxygen atoms in total. The van der Waals surface area contributed by atoms with E-state index in [0.29, 0.717) is 5.23 Å². The first kappa shape index (κ1) is 8.16. The van der Waals surface area contributed by atoms with Crippen LogP contribution in [0.15, 0.2) is 12.0 Å². The standard InChI is InChI=1S/C6H13N3O2/c1-2-3-4-8-5-6(7)9(10)11-8/h5,10H,2-4,7H2,1H3. The Kier molecular flexibility index (Phi) is 2.56. The van der Waals surface area contributed by atoms with Crippen LogP contribution in [-0.4, -0.2) is 22.0 Å². The molecule has 1 aliphatic heterocycles. The van der Waals surface area contributed by atoms with Crippen molar-refractivity contribution in [3.05, 3.63) is 12.0 Å². The second-order valence-electron chi connectivity index (χ2n) is 2.40. The molecule has 0 amide bonds. The third-order valence-corrected chi connectivity index (χ3v) is 1.41. The Labute approximate surface area is 65.5 Å². The number of nitrogens with zero attached hydrogens (tertiary/aromatic N) is 2. The van der Waals surface area contributed by atoms with Gasteiger partial charge in [-0.05, 0) is 6.42 Å². The fourth-order valence-corrected chi connectivity index (χ4v) is 0.786. The van der Waals surface area contributed by atoms with E-state index in [9.17, 15) is 0 Å². The molecule has 64 valence electrons. The Morgan fingerprint density at radius 1 is 1.73 bits per heavy atom. The SMILES string of the molecule is CCCCN1C=C(N)N(O)O1. The third kappa shape index (κ3) is 1.99. The summed E-state index contributed by atoms with van der Waals surface area (Å²) in [6.45, 7) is 2.83. The van der Waals surface area contributed by atoms with E-state index in [2.05, 4.69) is 6.92 Å². The zero-order valence-corrected chi connectivity index (χ0v) is 6.53. The number of nitrogens with two attached hydrogens (primary N) is 1. The molecule has 0 saturated carbocycles. The van der Waals surface area contributed by atoms with Gasteiger partial charge in [0.2, 0.25) is 0 Å². The van der Waals surface area contributed by atoms with Crippen LogP contribution in [-0.2, 0) is 4.94 Å². The van der Waals surface area contributed by atoms with E-state index < -0.39 is 0 Å². The van der Waals surface area contributed by atoms with Crippen molar-refractivity contribution >= 4 is 0 Å². The molecule has 1 rings (SSSR count). The van der Waals surface area contributed by atoms with Gasteiger partial charge in [-0.3, -0.25) is 5.21 Å². The van der Waals surface area contributed by atoms with Crippen molar-refractivity contribution in [1.82, 2.24) is 10.3 Å². The van der Waals surface area contributed by atoms with Crippen molar-refractivity contribution in [1.29, 1.82) is 0 Å². The monoisotopic (exact) mass is 159 g/mol. The van der Waals surface area contributed by atoms with Gasteiger partial charge < -0.3 is 5.73 Å². The summed E-state index contributed by atoms with van der Waals surface area (Å²) in [5, 5.41) is 10.9. The minimum Gasteiger partial charge on any atom is -0.380 e. The number of hydroxylamine groups is 4. The molecule has 1 aliphatic rings. The van der Waals surface area contributed by atoms with Crippen LogP contribution in [0.5, 0.6) is 0 Å². The highest BCUT2D eigenvalue weighted by Gasteiger charge is 2.17. The second kappa shape index (κ2) is 3.45. The second-order valence-corrected chi connectivity index (χ2v) is 2.40. The van der Waals surface area contributed by atoms with Gasteiger partial charge in [0.25, 0.3) is 0 Å². The normalized spacial score (nSPS) is 17.5. The first-order valence-corrected chi connectivity index (χ1v) is 3.65. The minimum absolute atomic E-state index is 0.209. The molecule has 0 radical (unpaired) electrons. The van der Waals surface area contributed by atoms with Crippen LogP contribution in [0.4, 0.5) is 0 Å². The first-order valence-electron chi connectivity index (χ1n) is 3.65. The lowest BCUT2D eigenvalue weighted by Gasteiger charge is -2.14. The van der Waals surface area contributed by atoms with Gasteiger partial charge in [-0.15, -0.1) is 4.94 Å².